The van der Waals surface area contributed by atoms with Crippen molar-refractivity contribution in [3.8, 4) is 22.8 Å². The number of thioether (sulfide) groups is 2. The van der Waals surface area contributed by atoms with E-state index in [1.807, 2.05) is 12.1 Å². The van der Waals surface area contributed by atoms with Crippen molar-refractivity contribution in [1.29, 1.82) is 0 Å². The monoisotopic (exact) mass is 499 g/mol. The van der Waals surface area contributed by atoms with Gasteiger partial charge in [-0.2, -0.15) is 8.78 Å². The van der Waals surface area contributed by atoms with E-state index >= 15 is 0 Å². The van der Waals surface area contributed by atoms with Gasteiger partial charge in [0.25, 0.3) is 5.76 Å². The van der Waals surface area contributed by atoms with E-state index in [1.54, 1.807) is 65.5 Å². The highest BCUT2D eigenvalue weighted by molar-refractivity contribution is 8.00. The Balaban J connectivity index is 1.59. The van der Waals surface area contributed by atoms with Gasteiger partial charge in [-0.05, 0) is 48.5 Å². The summed E-state index contributed by atoms with van der Waals surface area (Å²) < 4.78 is 32.5. The summed E-state index contributed by atoms with van der Waals surface area (Å²) in [6, 6.07) is 17.4. The molecule has 1 amide bonds. The molecule has 11 heteroatoms. The van der Waals surface area contributed by atoms with E-state index in [1.165, 1.54) is 18.9 Å². The molecule has 0 atom stereocenters. The van der Waals surface area contributed by atoms with Crippen molar-refractivity contribution in [2.75, 3.05) is 18.2 Å². The molecule has 0 saturated heterocycles. The number of halogens is 2. The number of methoxy groups -OCH3 is 1. The Morgan fingerprint density at radius 3 is 2.59 bits per heavy atom. The van der Waals surface area contributed by atoms with Crippen molar-refractivity contribution in [3.63, 3.8) is 0 Å². The zero-order chi connectivity index (χ0) is 23.9. The number of para-hydroxylation sites is 2. The third kappa shape index (κ3) is 5.72. The van der Waals surface area contributed by atoms with Crippen LogP contribution in [-0.4, -0.2) is 44.3 Å². The van der Waals surface area contributed by atoms with Gasteiger partial charge in [0.15, 0.2) is 11.0 Å². The molecular formula is C23H19F2N5O2S2. The van der Waals surface area contributed by atoms with E-state index < -0.39 is 5.76 Å². The molecule has 0 saturated carbocycles. The number of nitrogens with one attached hydrogen (secondary N) is 1. The number of carbonyl (C=O) groups excluding carboxylic acids is 1. The van der Waals surface area contributed by atoms with E-state index in [2.05, 4.69) is 20.5 Å². The molecule has 0 aliphatic carbocycles. The second-order valence-electron chi connectivity index (χ2n) is 6.79. The lowest BCUT2D eigenvalue weighted by molar-refractivity contribution is -0.113. The van der Waals surface area contributed by atoms with Crippen LogP contribution < -0.4 is 10.1 Å². The molecule has 0 spiro atoms. The van der Waals surface area contributed by atoms with E-state index in [4.69, 9.17) is 4.74 Å². The number of rotatable bonds is 9. The van der Waals surface area contributed by atoms with Crippen LogP contribution in [0.2, 0.25) is 0 Å². The summed E-state index contributed by atoms with van der Waals surface area (Å²) in [4.78, 5) is 17.2. The zero-order valence-electron chi connectivity index (χ0n) is 17.9. The maximum absolute atomic E-state index is 12.7. The molecule has 2 aromatic heterocycles. The van der Waals surface area contributed by atoms with Crippen LogP contribution in [0, 0.1) is 0 Å². The third-order valence-electron chi connectivity index (χ3n) is 4.59. The molecular weight excluding hydrogens is 480 g/mol. The van der Waals surface area contributed by atoms with E-state index in [9.17, 15) is 13.6 Å². The van der Waals surface area contributed by atoms with E-state index in [-0.39, 0.29) is 11.7 Å². The zero-order valence-corrected chi connectivity index (χ0v) is 19.5. The number of hydrogen-bond acceptors (Lipinski definition) is 7. The number of ether oxygens (including phenoxy) is 1. The normalized spacial score (nSPS) is 10.9. The third-order valence-corrected chi connectivity index (χ3v) is 6.24. The number of nitrogens with zero attached hydrogens (tertiary/aromatic N) is 4. The standard InChI is InChI=1S/C23H19F2N5O2S2/c1-32-19-7-3-2-6-18(19)27-20(31)14-33-23-29-28-21(15-5-4-12-26-13-15)30(23)16-8-10-17(11-9-16)34-22(24)25/h2-13,22H,14H2,1H3,(H,27,31). The van der Waals surface area contributed by atoms with Crippen molar-refractivity contribution < 1.29 is 18.3 Å². The van der Waals surface area contributed by atoms with Crippen molar-refractivity contribution >= 4 is 35.1 Å². The van der Waals surface area contributed by atoms with Gasteiger partial charge in [-0.15, -0.1) is 10.2 Å². The number of aromatic nitrogens is 4. The molecule has 0 aliphatic heterocycles. The lowest BCUT2D eigenvalue weighted by Gasteiger charge is -2.12. The minimum Gasteiger partial charge on any atom is -0.495 e. The van der Waals surface area contributed by atoms with Crippen molar-refractivity contribution in [3.05, 3.63) is 73.1 Å². The van der Waals surface area contributed by atoms with Crippen LogP contribution >= 0.6 is 23.5 Å². The second kappa shape index (κ2) is 11.1. The van der Waals surface area contributed by atoms with Gasteiger partial charge in [0.05, 0.1) is 18.6 Å². The number of anilines is 1. The summed E-state index contributed by atoms with van der Waals surface area (Å²) in [7, 11) is 1.53. The molecule has 0 aliphatic rings. The fraction of sp³-hybridized carbons (Fsp3) is 0.130. The second-order valence-corrected chi connectivity index (χ2v) is 8.80. The molecule has 4 rings (SSSR count). The van der Waals surface area contributed by atoms with Crippen LogP contribution in [-0.2, 0) is 4.79 Å². The van der Waals surface area contributed by atoms with Crippen molar-refractivity contribution in [2.24, 2.45) is 0 Å². The lowest BCUT2D eigenvalue weighted by Crippen LogP contribution is -2.15. The van der Waals surface area contributed by atoms with Gasteiger partial charge in [0, 0.05) is 28.5 Å². The number of hydrogen-bond donors (Lipinski definition) is 1. The number of benzene rings is 2. The predicted octanol–water partition coefficient (Wildman–Crippen LogP) is 5.38. The minimum atomic E-state index is -2.50. The summed E-state index contributed by atoms with van der Waals surface area (Å²) in [5.74, 6) is -1.59. The van der Waals surface area contributed by atoms with Gasteiger partial charge in [0.2, 0.25) is 5.91 Å². The van der Waals surface area contributed by atoms with Crippen LogP contribution in [0.5, 0.6) is 5.75 Å². The Hall–Kier alpha value is -3.44. The van der Waals surface area contributed by atoms with Gasteiger partial charge in [-0.3, -0.25) is 14.3 Å². The summed E-state index contributed by atoms with van der Waals surface area (Å²) in [6.45, 7) is 0. The highest BCUT2D eigenvalue weighted by Gasteiger charge is 2.18. The number of alkyl halides is 2. The smallest absolute Gasteiger partial charge is 0.288 e. The molecule has 34 heavy (non-hydrogen) atoms. The Morgan fingerprint density at radius 2 is 1.88 bits per heavy atom. The average molecular weight is 500 g/mol. The first kappa shape index (κ1) is 23.7. The van der Waals surface area contributed by atoms with Crippen molar-refractivity contribution in [2.45, 2.75) is 15.8 Å². The summed E-state index contributed by atoms with van der Waals surface area (Å²) in [5, 5.41) is 11.9. The molecule has 0 radical (unpaired) electrons. The van der Waals surface area contributed by atoms with Crippen LogP contribution in [0.4, 0.5) is 14.5 Å². The average Bonchev–Trinajstić information content (AvgIpc) is 3.28. The summed E-state index contributed by atoms with van der Waals surface area (Å²) >= 11 is 1.68. The Morgan fingerprint density at radius 1 is 1.09 bits per heavy atom. The Kier molecular flexibility index (Phi) is 7.76. The predicted molar refractivity (Wildman–Crippen MR) is 129 cm³/mol. The van der Waals surface area contributed by atoms with E-state index in [0.29, 0.717) is 44.8 Å². The first-order valence-electron chi connectivity index (χ1n) is 10.0. The Labute approximate surface area is 203 Å². The molecule has 7 nitrogen and oxygen atoms in total. The van der Waals surface area contributed by atoms with Gasteiger partial charge in [-0.1, -0.05) is 35.7 Å². The van der Waals surface area contributed by atoms with Gasteiger partial charge in [0.1, 0.15) is 5.75 Å². The molecule has 0 bridgehead atoms. The number of amides is 1. The molecule has 0 fully saturated rings. The van der Waals surface area contributed by atoms with Crippen molar-refractivity contribution in [1.82, 2.24) is 19.7 Å². The minimum absolute atomic E-state index is 0.0720. The largest absolute Gasteiger partial charge is 0.495 e. The maximum atomic E-state index is 12.7. The first-order valence-corrected chi connectivity index (χ1v) is 11.9. The van der Waals surface area contributed by atoms with Gasteiger partial charge >= 0.3 is 0 Å². The summed E-state index contributed by atoms with van der Waals surface area (Å²) in [5.41, 5.74) is 1.97. The topological polar surface area (TPSA) is 81.9 Å². The SMILES string of the molecule is COc1ccccc1NC(=O)CSc1nnc(-c2cccnc2)n1-c1ccc(SC(F)F)cc1. The molecule has 0 unspecified atom stereocenters. The quantitative estimate of drug-likeness (QED) is 0.310. The first-order chi connectivity index (χ1) is 16.5. The molecule has 174 valence electrons. The fourth-order valence-electron chi connectivity index (χ4n) is 3.12. The van der Waals surface area contributed by atoms with E-state index in [0.717, 1.165) is 5.56 Å². The van der Waals surface area contributed by atoms with Crippen LogP contribution in [0.1, 0.15) is 0 Å². The summed E-state index contributed by atoms with van der Waals surface area (Å²) in [6.07, 6.45) is 3.31. The maximum Gasteiger partial charge on any atom is 0.288 e. The van der Waals surface area contributed by atoms with Crippen LogP contribution in [0.3, 0.4) is 0 Å². The highest BCUT2D eigenvalue weighted by Crippen LogP contribution is 2.31. The van der Waals surface area contributed by atoms with Gasteiger partial charge < -0.3 is 10.1 Å². The van der Waals surface area contributed by atoms with Crippen LogP contribution in [0.25, 0.3) is 17.1 Å². The lowest BCUT2D eigenvalue weighted by atomic mass is 10.2. The molecule has 4 aromatic rings. The molecule has 2 aromatic carbocycles. The highest BCUT2D eigenvalue weighted by atomic mass is 32.2. The fourth-order valence-corrected chi connectivity index (χ4v) is 4.37. The van der Waals surface area contributed by atoms with Crippen LogP contribution in [0.15, 0.2) is 83.1 Å². The molecule has 1 N–H and O–H groups in total. The molecule has 2 heterocycles. The number of carbonyl (C=O) groups is 1. The Bertz CT molecular complexity index is 1250. The number of pyridine rings is 1. The van der Waals surface area contributed by atoms with Gasteiger partial charge in [-0.25, -0.2) is 0 Å².